The van der Waals surface area contributed by atoms with E-state index >= 15 is 0 Å². The average molecular weight is 303 g/mol. The number of carboxylic acids is 1. The normalized spacial score (nSPS) is 21.2. The minimum atomic E-state index is -0.952. The lowest BCUT2D eigenvalue weighted by Gasteiger charge is -2.39. The number of benzene rings is 1. The van der Waals surface area contributed by atoms with Gasteiger partial charge in [-0.2, -0.15) is 0 Å². The lowest BCUT2D eigenvalue weighted by atomic mass is 9.75. The highest BCUT2D eigenvalue weighted by molar-refractivity contribution is 5.77. The average Bonchev–Trinajstić information content (AvgIpc) is 2.53. The third-order valence-corrected chi connectivity index (χ3v) is 4.00. The molecule has 0 aromatic heterocycles. The van der Waals surface area contributed by atoms with Crippen molar-refractivity contribution in [2.45, 2.75) is 19.3 Å². The summed E-state index contributed by atoms with van der Waals surface area (Å²) in [4.78, 5) is 25.3. The van der Waals surface area contributed by atoms with Gasteiger partial charge in [0.1, 0.15) is 6.61 Å². The second-order valence-corrected chi connectivity index (χ2v) is 5.64. The molecule has 1 heterocycles. The molecule has 0 radical (unpaired) electrons. The Bertz CT molecular complexity index is 543. The summed E-state index contributed by atoms with van der Waals surface area (Å²) in [6.45, 7) is 4.34. The van der Waals surface area contributed by atoms with Crippen LogP contribution in [-0.2, 0) is 16.0 Å². The van der Waals surface area contributed by atoms with Crippen LogP contribution in [0.2, 0.25) is 0 Å². The van der Waals surface area contributed by atoms with Crippen molar-refractivity contribution in [1.29, 1.82) is 0 Å². The van der Waals surface area contributed by atoms with E-state index in [1.54, 1.807) is 0 Å². The van der Waals surface area contributed by atoms with Gasteiger partial charge in [0, 0.05) is 13.1 Å². The summed E-state index contributed by atoms with van der Waals surface area (Å²) in [7, 11) is 0. The molecule has 1 amide bonds. The zero-order valence-electron chi connectivity index (χ0n) is 12.5. The number of hydrogen-bond acceptors (Lipinski definition) is 3. The summed E-state index contributed by atoms with van der Waals surface area (Å²) in [5, 5.41) is 9.73. The van der Waals surface area contributed by atoms with E-state index in [1.807, 2.05) is 30.3 Å². The van der Waals surface area contributed by atoms with Crippen LogP contribution < -0.4 is 0 Å². The van der Waals surface area contributed by atoms with Crippen LogP contribution in [0, 0.1) is 5.41 Å². The van der Waals surface area contributed by atoms with Gasteiger partial charge in [-0.15, -0.1) is 0 Å². The molecule has 0 aliphatic carbocycles. The van der Waals surface area contributed by atoms with E-state index in [-0.39, 0.29) is 13.2 Å². The lowest BCUT2D eigenvalue weighted by molar-refractivity contribution is -0.152. The fourth-order valence-corrected chi connectivity index (χ4v) is 2.89. The number of aliphatic carboxylic acids is 1. The molecule has 1 saturated heterocycles. The predicted octanol–water partition coefficient (Wildman–Crippen LogP) is 2.72. The van der Waals surface area contributed by atoms with Crippen LogP contribution in [0.15, 0.2) is 43.0 Å². The maximum absolute atomic E-state index is 12.0. The molecule has 1 aliphatic heterocycles. The first kappa shape index (κ1) is 16.1. The number of carbonyl (C=O) groups excluding carboxylic acids is 1. The minimum Gasteiger partial charge on any atom is -0.481 e. The first-order valence-electron chi connectivity index (χ1n) is 7.37. The maximum Gasteiger partial charge on any atom is 0.410 e. The molecular formula is C17H21NO4. The number of hydrogen-bond donors (Lipinski definition) is 1. The van der Waals surface area contributed by atoms with Gasteiger partial charge in [-0.25, -0.2) is 4.79 Å². The van der Waals surface area contributed by atoms with Crippen LogP contribution in [0.3, 0.4) is 0 Å². The van der Waals surface area contributed by atoms with Crippen LogP contribution in [0.4, 0.5) is 4.79 Å². The summed E-state index contributed by atoms with van der Waals surface area (Å²) >= 11 is 0. The molecule has 2 rings (SSSR count). The molecule has 5 heteroatoms. The van der Waals surface area contributed by atoms with E-state index < -0.39 is 17.5 Å². The van der Waals surface area contributed by atoms with Gasteiger partial charge in [0.2, 0.25) is 0 Å². The molecule has 1 N–H and O–H groups in total. The number of nitrogens with zero attached hydrogens (tertiary/aromatic N) is 1. The predicted molar refractivity (Wildman–Crippen MR) is 82.6 cm³/mol. The second-order valence-electron chi connectivity index (χ2n) is 5.64. The van der Waals surface area contributed by atoms with Gasteiger partial charge in [-0.1, -0.05) is 43.0 Å². The Hall–Kier alpha value is -2.30. The third kappa shape index (κ3) is 3.67. The van der Waals surface area contributed by atoms with Crippen molar-refractivity contribution < 1.29 is 19.4 Å². The molecule has 1 aromatic carbocycles. The Labute approximate surface area is 130 Å². The summed E-state index contributed by atoms with van der Waals surface area (Å²) in [5.41, 5.74) is 0.0125. The zero-order chi connectivity index (χ0) is 16.0. The Morgan fingerprint density at radius 2 is 2.09 bits per heavy atom. The van der Waals surface area contributed by atoms with Crippen LogP contribution in [0.5, 0.6) is 0 Å². The molecule has 1 fully saturated rings. The van der Waals surface area contributed by atoms with Gasteiger partial charge in [0.05, 0.1) is 5.41 Å². The van der Waals surface area contributed by atoms with Gasteiger partial charge in [-0.3, -0.25) is 4.79 Å². The topological polar surface area (TPSA) is 66.8 Å². The number of amides is 1. The molecule has 1 aliphatic rings. The first-order valence-corrected chi connectivity index (χ1v) is 7.37. The molecule has 1 atom stereocenters. The highest BCUT2D eigenvalue weighted by Gasteiger charge is 2.44. The van der Waals surface area contributed by atoms with Crippen LogP contribution in [0.25, 0.3) is 0 Å². The molecular weight excluding hydrogens is 282 g/mol. The molecule has 5 nitrogen and oxygen atoms in total. The number of piperidine rings is 1. The number of carboxylic acid groups (broad SMARTS) is 1. The van der Waals surface area contributed by atoms with Crippen molar-refractivity contribution in [2.75, 3.05) is 19.7 Å². The smallest absolute Gasteiger partial charge is 0.410 e. The third-order valence-electron chi connectivity index (χ3n) is 4.00. The maximum atomic E-state index is 12.0. The molecule has 0 bridgehead atoms. The van der Waals surface area contributed by atoms with Crippen LogP contribution in [0.1, 0.15) is 18.4 Å². The van der Waals surface area contributed by atoms with Crippen molar-refractivity contribution >= 4 is 12.1 Å². The molecule has 0 saturated carbocycles. The van der Waals surface area contributed by atoms with E-state index in [1.165, 1.54) is 11.0 Å². The standard InChI is InChI=1S/C17H21NO4/c1-2-11-22-16(21)18-10-6-9-17(13-18,15(19)20)12-14-7-4-3-5-8-14/h2-5,7-8H,1,6,9-13H2,(H,19,20). The summed E-state index contributed by atoms with van der Waals surface area (Å²) in [5.74, 6) is -0.863. The Balaban J connectivity index is 2.14. The quantitative estimate of drug-likeness (QED) is 0.849. The first-order chi connectivity index (χ1) is 10.6. The SMILES string of the molecule is C=CCOC(=O)N1CCCC(Cc2ccccc2)(C(=O)O)C1. The molecule has 118 valence electrons. The fourth-order valence-electron chi connectivity index (χ4n) is 2.89. The van der Waals surface area contributed by atoms with Crippen molar-refractivity contribution in [1.82, 2.24) is 4.90 Å². The fraction of sp³-hybridized carbons (Fsp3) is 0.412. The molecule has 1 aromatic rings. The van der Waals surface area contributed by atoms with Crippen molar-refractivity contribution in [3.63, 3.8) is 0 Å². The highest BCUT2D eigenvalue weighted by atomic mass is 16.6. The van der Waals surface area contributed by atoms with E-state index in [4.69, 9.17) is 4.74 Å². The number of carbonyl (C=O) groups is 2. The van der Waals surface area contributed by atoms with Gasteiger partial charge >= 0.3 is 12.1 Å². The Kier molecular flexibility index (Phi) is 5.20. The number of ether oxygens (including phenoxy) is 1. The monoisotopic (exact) mass is 303 g/mol. The zero-order valence-corrected chi connectivity index (χ0v) is 12.5. The second kappa shape index (κ2) is 7.11. The Morgan fingerprint density at radius 3 is 2.73 bits per heavy atom. The minimum absolute atomic E-state index is 0.133. The van der Waals surface area contributed by atoms with Crippen LogP contribution >= 0.6 is 0 Å². The largest absolute Gasteiger partial charge is 0.481 e. The summed E-state index contributed by atoms with van der Waals surface area (Å²) in [6.07, 6.45) is 2.65. The number of rotatable bonds is 5. The van der Waals surface area contributed by atoms with E-state index in [2.05, 4.69) is 6.58 Å². The van der Waals surface area contributed by atoms with Gasteiger partial charge in [-0.05, 0) is 24.8 Å². The molecule has 22 heavy (non-hydrogen) atoms. The van der Waals surface area contributed by atoms with E-state index in [0.717, 1.165) is 5.56 Å². The highest BCUT2D eigenvalue weighted by Crippen LogP contribution is 2.34. The number of likely N-dealkylation sites (tertiary alicyclic amines) is 1. The van der Waals surface area contributed by atoms with Gasteiger partial charge < -0.3 is 14.7 Å². The summed E-state index contributed by atoms with van der Waals surface area (Å²) < 4.78 is 5.03. The van der Waals surface area contributed by atoms with E-state index in [0.29, 0.717) is 25.8 Å². The van der Waals surface area contributed by atoms with Gasteiger partial charge in [0.25, 0.3) is 0 Å². The molecule has 1 unspecified atom stereocenters. The Morgan fingerprint density at radius 1 is 1.36 bits per heavy atom. The van der Waals surface area contributed by atoms with Crippen molar-refractivity contribution in [2.24, 2.45) is 5.41 Å². The summed E-state index contributed by atoms with van der Waals surface area (Å²) in [6, 6.07) is 9.52. The van der Waals surface area contributed by atoms with Crippen LogP contribution in [-0.4, -0.2) is 41.8 Å². The van der Waals surface area contributed by atoms with E-state index in [9.17, 15) is 14.7 Å². The van der Waals surface area contributed by atoms with Crippen molar-refractivity contribution in [3.05, 3.63) is 48.6 Å². The lowest BCUT2D eigenvalue weighted by Crippen LogP contribution is -2.51. The van der Waals surface area contributed by atoms with Gasteiger partial charge in [0.15, 0.2) is 0 Å². The van der Waals surface area contributed by atoms with Crippen molar-refractivity contribution in [3.8, 4) is 0 Å². The molecule has 0 spiro atoms.